The fourth-order valence-corrected chi connectivity index (χ4v) is 5.71. The minimum Gasteiger partial charge on any atom is -0.398 e. The van der Waals surface area contributed by atoms with Crippen molar-refractivity contribution in [2.45, 2.75) is 57.7 Å². The maximum atomic E-state index is 14.9. The van der Waals surface area contributed by atoms with Crippen LogP contribution >= 0.6 is 28.4 Å². The van der Waals surface area contributed by atoms with Crippen LogP contribution in [0.3, 0.4) is 0 Å². The number of nitrogens with zero attached hydrogens (tertiary/aromatic N) is 3. The van der Waals surface area contributed by atoms with Crippen LogP contribution in [0.1, 0.15) is 46.1 Å². The molecule has 1 unspecified atom stereocenters. The lowest BCUT2D eigenvalue weighted by molar-refractivity contribution is 0.0845. The lowest BCUT2D eigenvalue weighted by Gasteiger charge is -2.49. The van der Waals surface area contributed by atoms with Crippen LogP contribution in [0.4, 0.5) is 8.78 Å². The zero-order chi connectivity index (χ0) is 25.4. The third kappa shape index (κ3) is 5.99. The predicted octanol–water partition coefficient (Wildman–Crippen LogP) is 3.49. The Labute approximate surface area is 213 Å². The number of nitrogens with one attached hydrogen (secondary N) is 1. The highest BCUT2D eigenvalue weighted by Gasteiger charge is 2.40. The minimum absolute atomic E-state index is 0.0628. The van der Waals surface area contributed by atoms with Gasteiger partial charge >= 0.3 is 0 Å². The highest BCUT2D eigenvalue weighted by Crippen LogP contribution is 2.32. The first kappa shape index (κ1) is 26.7. The lowest BCUT2D eigenvalue weighted by atomic mass is 9.79. The van der Waals surface area contributed by atoms with E-state index in [1.54, 1.807) is 10.6 Å². The molecule has 1 aromatic carbocycles. The summed E-state index contributed by atoms with van der Waals surface area (Å²) in [6, 6.07) is 2.07. The van der Waals surface area contributed by atoms with Gasteiger partial charge in [-0.3, -0.25) is 5.01 Å². The van der Waals surface area contributed by atoms with Gasteiger partial charge in [-0.25, -0.2) is 19.1 Å². The minimum atomic E-state index is -0.687. The second-order valence-electron chi connectivity index (χ2n) is 9.87. The molecule has 12 heteroatoms. The predicted molar refractivity (Wildman–Crippen MR) is 143 cm³/mol. The smallest absolute Gasteiger partial charge is 0.137 e. The zero-order valence-electron chi connectivity index (χ0n) is 19.7. The Kier molecular flexibility index (Phi) is 7.81. The van der Waals surface area contributed by atoms with E-state index in [1.807, 2.05) is 0 Å². The van der Waals surface area contributed by atoms with Crippen LogP contribution in [-0.2, 0) is 0 Å². The molecule has 0 amide bonds. The Bertz CT molecular complexity index is 1110. The summed E-state index contributed by atoms with van der Waals surface area (Å²) in [4.78, 5) is 0. The van der Waals surface area contributed by atoms with Crippen molar-refractivity contribution in [1.82, 2.24) is 19.9 Å². The van der Waals surface area contributed by atoms with E-state index < -0.39 is 11.6 Å². The van der Waals surface area contributed by atoms with Gasteiger partial charge in [-0.05, 0) is 80.8 Å². The summed E-state index contributed by atoms with van der Waals surface area (Å²) in [6.45, 7) is 8.41. The molecule has 9 N–H and O–H groups in total. The molecule has 186 valence electrons. The van der Waals surface area contributed by atoms with Crippen molar-refractivity contribution in [2.75, 3.05) is 0 Å². The summed E-state index contributed by atoms with van der Waals surface area (Å²) >= 11 is 2.15. The van der Waals surface area contributed by atoms with Crippen LogP contribution in [0.2, 0.25) is 0 Å². The summed E-state index contributed by atoms with van der Waals surface area (Å²) in [6.07, 6.45) is 6.29. The third-order valence-corrected chi connectivity index (χ3v) is 7.70. The second-order valence-corrected chi connectivity index (χ2v) is 11.9. The van der Waals surface area contributed by atoms with Crippen molar-refractivity contribution in [3.8, 4) is 11.1 Å². The molecule has 1 aliphatic heterocycles. The Hall–Kier alpha value is -1.95. The first-order valence-electron chi connectivity index (χ1n) is 10.7. The highest BCUT2D eigenvalue weighted by molar-refractivity contribution is 14.2. The molecule has 2 heterocycles. The number of hydrogen-bond donors (Lipinski definition) is 5. The molecule has 1 saturated heterocycles. The SMILES string of the molecule is CC1(C)CC(N(N)/C(N)=C(N)/C=C(\N)c2cc(F)c(-c3cnn(PI)c3)cc2F)CC(C)(C)N1. The summed E-state index contributed by atoms with van der Waals surface area (Å²) in [5, 5.41) is 9.14. The molecule has 0 radical (unpaired) electrons. The van der Waals surface area contributed by atoms with Gasteiger partial charge in [0.1, 0.15) is 17.5 Å². The molecule has 1 atom stereocenters. The van der Waals surface area contributed by atoms with Gasteiger partial charge in [-0.2, -0.15) is 5.10 Å². The van der Waals surface area contributed by atoms with E-state index in [0.717, 1.165) is 25.0 Å². The summed E-state index contributed by atoms with van der Waals surface area (Å²) in [5.74, 6) is 5.14. The number of hydrazine groups is 1. The Morgan fingerprint density at radius 1 is 1.18 bits per heavy atom. The van der Waals surface area contributed by atoms with Crippen LogP contribution in [-0.4, -0.2) is 31.7 Å². The Balaban J connectivity index is 1.87. The maximum absolute atomic E-state index is 14.9. The third-order valence-electron chi connectivity index (χ3n) is 5.79. The van der Waals surface area contributed by atoms with Gasteiger partial charge in [0, 0.05) is 39.7 Å². The summed E-state index contributed by atoms with van der Waals surface area (Å²) in [5.41, 5.74) is 18.6. The molecule has 0 aliphatic carbocycles. The van der Waals surface area contributed by atoms with Crippen molar-refractivity contribution in [1.29, 1.82) is 0 Å². The number of rotatable bonds is 6. The average Bonchev–Trinajstić information content (AvgIpc) is 3.20. The number of hydrogen-bond acceptors (Lipinski definition) is 7. The summed E-state index contributed by atoms with van der Waals surface area (Å²) < 4.78 is 31.3. The fraction of sp³-hybridized carbons (Fsp3) is 0.409. The zero-order valence-corrected chi connectivity index (χ0v) is 22.8. The first-order valence-corrected chi connectivity index (χ1v) is 14.8. The molecule has 8 nitrogen and oxygen atoms in total. The van der Waals surface area contributed by atoms with E-state index in [2.05, 4.69) is 60.2 Å². The van der Waals surface area contributed by atoms with Crippen molar-refractivity contribution in [2.24, 2.45) is 23.0 Å². The highest BCUT2D eigenvalue weighted by atomic mass is 127. The number of allylic oxidation sites excluding steroid dienone is 1. The Morgan fingerprint density at radius 3 is 2.35 bits per heavy atom. The quantitative estimate of drug-likeness (QED) is 0.112. The van der Waals surface area contributed by atoms with E-state index in [-0.39, 0.29) is 45.5 Å². The van der Waals surface area contributed by atoms with Crippen LogP contribution < -0.4 is 28.4 Å². The molecule has 0 bridgehead atoms. The molecule has 2 aromatic rings. The topological polar surface area (TPSA) is 137 Å². The normalized spacial score (nSPS) is 19.5. The van der Waals surface area contributed by atoms with Crippen molar-refractivity contribution in [3.05, 3.63) is 59.3 Å². The van der Waals surface area contributed by atoms with Crippen molar-refractivity contribution >= 4 is 34.1 Å². The molecular weight excluding hydrogens is 572 g/mol. The van der Waals surface area contributed by atoms with Gasteiger partial charge in [-0.1, -0.05) is 0 Å². The first-order chi connectivity index (χ1) is 15.7. The van der Waals surface area contributed by atoms with Crippen molar-refractivity contribution < 1.29 is 8.78 Å². The summed E-state index contributed by atoms with van der Waals surface area (Å²) in [7, 11) is 0. The van der Waals surface area contributed by atoms with Crippen LogP contribution in [0.5, 0.6) is 0 Å². The van der Waals surface area contributed by atoms with E-state index in [4.69, 9.17) is 23.0 Å². The number of halogens is 3. The molecule has 1 aliphatic rings. The molecule has 1 fully saturated rings. The second kappa shape index (κ2) is 9.96. The Morgan fingerprint density at radius 2 is 1.79 bits per heavy atom. The van der Waals surface area contributed by atoms with E-state index in [1.165, 1.54) is 17.3 Å². The fourth-order valence-electron chi connectivity index (χ4n) is 4.63. The van der Waals surface area contributed by atoms with Gasteiger partial charge in [0.25, 0.3) is 0 Å². The number of piperidine rings is 1. The molecular formula is C22H32F2IN8P. The number of benzene rings is 1. The largest absolute Gasteiger partial charge is 0.398 e. The van der Waals surface area contributed by atoms with Gasteiger partial charge in [0.15, 0.2) is 0 Å². The molecule has 34 heavy (non-hydrogen) atoms. The van der Waals surface area contributed by atoms with E-state index in [9.17, 15) is 8.78 Å². The number of nitrogens with two attached hydrogens (primary N) is 4. The van der Waals surface area contributed by atoms with Crippen LogP contribution in [0, 0.1) is 11.6 Å². The van der Waals surface area contributed by atoms with Gasteiger partial charge < -0.3 is 22.5 Å². The van der Waals surface area contributed by atoms with Crippen LogP contribution in [0.25, 0.3) is 16.8 Å². The van der Waals surface area contributed by atoms with E-state index >= 15 is 0 Å². The van der Waals surface area contributed by atoms with Crippen molar-refractivity contribution in [3.63, 3.8) is 0 Å². The maximum Gasteiger partial charge on any atom is 0.137 e. The average molecular weight is 604 g/mol. The van der Waals surface area contributed by atoms with Gasteiger partial charge in [-0.15, -0.1) is 0 Å². The van der Waals surface area contributed by atoms with Gasteiger partial charge in [0.2, 0.25) is 0 Å². The molecule has 3 rings (SSSR count). The lowest BCUT2D eigenvalue weighted by Crippen LogP contribution is -2.63. The molecule has 1 aromatic heterocycles. The number of aromatic nitrogens is 2. The van der Waals surface area contributed by atoms with Crippen LogP contribution in [0.15, 0.2) is 42.1 Å². The molecule has 0 saturated carbocycles. The van der Waals surface area contributed by atoms with Gasteiger partial charge in [0.05, 0.1) is 24.3 Å². The molecule has 0 spiro atoms. The standard InChI is InChI=1S/C22H32F2IN8P/c1-21(2)8-13(9-22(3,4)31-21)33(29)20(28)19(27)7-18(26)15-6-16(23)14(5-17(15)24)12-10-30-32(11-12)34-25/h5-7,10-11,13,31,34H,8-9,26-29H2,1-4H3/b18-7-,20-19-. The van der Waals surface area contributed by atoms with E-state index in [0.29, 0.717) is 11.9 Å². The monoisotopic (exact) mass is 604 g/mol.